The number of hydrogen-bond acceptors (Lipinski definition) is 5. The van der Waals surface area contributed by atoms with Gasteiger partial charge in [0.1, 0.15) is 5.82 Å². The van der Waals surface area contributed by atoms with Gasteiger partial charge in [0.05, 0.1) is 11.6 Å². The van der Waals surface area contributed by atoms with E-state index in [4.69, 9.17) is 5.26 Å². The van der Waals surface area contributed by atoms with Gasteiger partial charge < -0.3 is 10.2 Å². The SMILES string of the molecule is CCCNc1nc(C)cc(N(C)c2cccc(C#N)c2)n1. The number of hydrogen-bond donors (Lipinski definition) is 1. The molecule has 0 amide bonds. The molecule has 0 fully saturated rings. The van der Waals surface area contributed by atoms with Crippen molar-refractivity contribution in [2.75, 3.05) is 23.8 Å². The van der Waals surface area contributed by atoms with Gasteiger partial charge >= 0.3 is 0 Å². The first-order chi connectivity index (χ1) is 10.1. The summed E-state index contributed by atoms with van der Waals surface area (Å²) in [6, 6.07) is 11.5. The van der Waals surface area contributed by atoms with E-state index in [-0.39, 0.29) is 0 Å². The molecule has 5 heteroatoms. The van der Waals surface area contributed by atoms with E-state index in [1.807, 2.05) is 43.1 Å². The topological polar surface area (TPSA) is 64.8 Å². The predicted molar refractivity (Wildman–Crippen MR) is 84.8 cm³/mol. The number of anilines is 3. The molecule has 21 heavy (non-hydrogen) atoms. The summed E-state index contributed by atoms with van der Waals surface area (Å²) in [7, 11) is 1.93. The lowest BCUT2D eigenvalue weighted by molar-refractivity contribution is 0.941. The van der Waals surface area contributed by atoms with Crippen molar-refractivity contribution in [3.63, 3.8) is 0 Å². The zero-order valence-corrected chi connectivity index (χ0v) is 12.6. The molecule has 5 nitrogen and oxygen atoms in total. The average Bonchev–Trinajstić information content (AvgIpc) is 2.51. The number of nitrogens with zero attached hydrogens (tertiary/aromatic N) is 4. The Hall–Kier alpha value is -2.61. The molecular formula is C16H19N5. The fraction of sp³-hybridized carbons (Fsp3) is 0.312. The second-order valence-electron chi connectivity index (χ2n) is 4.84. The Morgan fingerprint density at radius 2 is 2.10 bits per heavy atom. The summed E-state index contributed by atoms with van der Waals surface area (Å²) in [5.74, 6) is 1.44. The Morgan fingerprint density at radius 3 is 2.81 bits per heavy atom. The fourth-order valence-electron chi connectivity index (χ4n) is 1.96. The summed E-state index contributed by atoms with van der Waals surface area (Å²) in [4.78, 5) is 10.9. The van der Waals surface area contributed by atoms with Gasteiger partial charge in [0.25, 0.3) is 0 Å². The molecule has 1 heterocycles. The second kappa shape index (κ2) is 6.71. The third kappa shape index (κ3) is 3.69. The Balaban J connectivity index is 2.31. The van der Waals surface area contributed by atoms with Crippen molar-refractivity contribution in [1.82, 2.24) is 9.97 Å². The van der Waals surface area contributed by atoms with Crippen LogP contribution in [0.5, 0.6) is 0 Å². The molecular weight excluding hydrogens is 262 g/mol. The Morgan fingerprint density at radius 1 is 1.29 bits per heavy atom. The number of rotatable bonds is 5. The zero-order chi connectivity index (χ0) is 15.2. The molecule has 0 unspecified atom stereocenters. The molecule has 0 bridgehead atoms. The summed E-state index contributed by atoms with van der Waals surface area (Å²) in [5.41, 5.74) is 2.46. The summed E-state index contributed by atoms with van der Waals surface area (Å²) < 4.78 is 0. The zero-order valence-electron chi connectivity index (χ0n) is 12.6. The number of aryl methyl sites for hydroxylation is 1. The van der Waals surface area contributed by atoms with Gasteiger partial charge in [-0.1, -0.05) is 13.0 Å². The molecule has 0 aliphatic rings. The molecule has 0 atom stereocenters. The average molecular weight is 281 g/mol. The van der Waals surface area contributed by atoms with E-state index in [0.717, 1.165) is 30.2 Å². The van der Waals surface area contributed by atoms with Crippen LogP contribution in [-0.4, -0.2) is 23.6 Å². The van der Waals surface area contributed by atoms with Crippen LogP contribution < -0.4 is 10.2 Å². The monoisotopic (exact) mass is 281 g/mol. The van der Waals surface area contributed by atoms with Crippen LogP contribution >= 0.6 is 0 Å². The van der Waals surface area contributed by atoms with Crippen molar-refractivity contribution >= 4 is 17.5 Å². The van der Waals surface area contributed by atoms with Crippen molar-refractivity contribution in [2.24, 2.45) is 0 Å². The van der Waals surface area contributed by atoms with Crippen molar-refractivity contribution in [3.8, 4) is 6.07 Å². The molecule has 1 aromatic heterocycles. The minimum absolute atomic E-state index is 0.634. The molecule has 0 saturated heterocycles. The lowest BCUT2D eigenvalue weighted by atomic mass is 10.2. The van der Waals surface area contributed by atoms with Crippen molar-refractivity contribution in [1.29, 1.82) is 5.26 Å². The fourth-order valence-corrected chi connectivity index (χ4v) is 1.96. The Labute approximate surface area is 125 Å². The first-order valence-electron chi connectivity index (χ1n) is 6.97. The molecule has 0 saturated carbocycles. The molecule has 108 valence electrons. The highest BCUT2D eigenvalue weighted by Crippen LogP contribution is 2.23. The maximum absolute atomic E-state index is 9.00. The van der Waals surface area contributed by atoms with E-state index < -0.39 is 0 Å². The van der Waals surface area contributed by atoms with E-state index in [0.29, 0.717) is 11.5 Å². The first-order valence-corrected chi connectivity index (χ1v) is 6.97. The van der Waals surface area contributed by atoms with Crippen LogP contribution in [0, 0.1) is 18.3 Å². The molecule has 1 N–H and O–H groups in total. The summed E-state index contributed by atoms with van der Waals surface area (Å²) in [5, 5.41) is 12.2. The van der Waals surface area contributed by atoms with E-state index in [2.05, 4.69) is 28.3 Å². The molecule has 0 radical (unpaired) electrons. The van der Waals surface area contributed by atoms with E-state index in [1.54, 1.807) is 6.07 Å². The quantitative estimate of drug-likeness (QED) is 0.911. The summed E-state index contributed by atoms with van der Waals surface area (Å²) in [6.45, 7) is 4.89. The Bertz CT molecular complexity index is 660. The molecule has 0 spiro atoms. The smallest absolute Gasteiger partial charge is 0.224 e. The van der Waals surface area contributed by atoms with Gasteiger partial charge in [-0.3, -0.25) is 0 Å². The van der Waals surface area contributed by atoms with Crippen LogP contribution in [0.3, 0.4) is 0 Å². The van der Waals surface area contributed by atoms with Crippen molar-refractivity contribution in [3.05, 3.63) is 41.6 Å². The lowest BCUT2D eigenvalue weighted by Gasteiger charge is -2.19. The number of aromatic nitrogens is 2. The third-order valence-electron chi connectivity index (χ3n) is 3.08. The number of benzene rings is 1. The van der Waals surface area contributed by atoms with Gasteiger partial charge in [-0.05, 0) is 31.5 Å². The third-order valence-corrected chi connectivity index (χ3v) is 3.08. The van der Waals surface area contributed by atoms with Crippen LogP contribution in [0.2, 0.25) is 0 Å². The van der Waals surface area contributed by atoms with Crippen molar-refractivity contribution in [2.45, 2.75) is 20.3 Å². The van der Waals surface area contributed by atoms with Gasteiger partial charge in [0.15, 0.2) is 0 Å². The Kier molecular flexibility index (Phi) is 4.72. The number of nitrogens with one attached hydrogen (secondary N) is 1. The molecule has 1 aromatic carbocycles. The van der Waals surface area contributed by atoms with E-state index >= 15 is 0 Å². The van der Waals surface area contributed by atoms with Crippen LogP contribution in [0.15, 0.2) is 30.3 Å². The van der Waals surface area contributed by atoms with E-state index in [9.17, 15) is 0 Å². The van der Waals surface area contributed by atoms with Gasteiger partial charge in [-0.2, -0.15) is 10.2 Å². The summed E-state index contributed by atoms with van der Waals surface area (Å²) >= 11 is 0. The minimum atomic E-state index is 0.634. The van der Waals surface area contributed by atoms with Crippen LogP contribution in [0.4, 0.5) is 17.5 Å². The molecule has 2 rings (SSSR count). The van der Waals surface area contributed by atoms with Crippen LogP contribution in [0.25, 0.3) is 0 Å². The first kappa shape index (κ1) is 14.8. The number of nitriles is 1. The summed E-state index contributed by atoms with van der Waals surface area (Å²) in [6.07, 6.45) is 1.02. The van der Waals surface area contributed by atoms with Crippen LogP contribution in [0.1, 0.15) is 24.6 Å². The van der Waals surface area contributed by atoms with Gasteiger partial charge in [-0.15, -0.1) is 0 Å². The highest BCUT2D eigenvalue weighted by molar-refractivity contribution is 5.62. The highest BCUT2D eigenvalue weighted by Gasteiger charge is 2.09. The molecule has 0 aliphatic carbocycles. The van der Waals surface area contributed by atoms with E-state index in [1.165, 1.54) is 0 Å². The predicted octanol–water partition coefficient (Wildman–Crippen LogP) is 3.25. The second-order valence-corrected chi connectivity index (χ2v) is 4.84. The standard InChI is InChI=1S/C16H19N5/c1-4-8-18-16-19-12(2)9-15(20-16)21(3)14-7-5-6-13(10-14)11-17/h5-7,9-10H,4,8H2,1-3H3,(H,18,19,20). The van der Waals surface area contributed by atoms with Gasteiger partial charge in [0.2, 0.25) is 5.95 Å². The van der Waals surface area contributed by atoms with Crippen molar-refractivity contribution < 1.29 is 0 Å². The largest absolute Gasteiger partial charge is 0.354 e. The molecule has 0 aliphatic heterocycles. The minimum Gasteiger partial charge on any atom is -0.354 e. The highest BCUT2D eigenvalue weighted by atomic mass is 15.2. The normalized spacial score (nSPS) is 10.0. The maximum Gasteiger partial charge on any atom is 0.224 e. The maximum atomic E-state index is 9.00. The molecule has 2 aromatic rings. The lowest BCUT2D eigenvalue weighted by Crippen LogP contribution is -2.14. The van der Waals surface area contributed by atoms with Crippen LogP contribution in [-0.2, 0) is 0 Å². The van der Waals surface area contributed by atoms with Gasteiger partial charge in [-0.25, -0.2) is 4.98 Å². The van der Waals surface area contributed by atoms with Gasteiger partial charge in [0, 0.05) is 31.0 Å².